The summed E-state index contributed by atoms with van der Waals surface area (Å²) in [7, 11) is 0. The van der Waals surface area contributed by atoms with Crippen molar-refractivity contribution in [2.75, 3.05) is 13.2 Å². The van der Waals surface area contributed by atoms with Crippen LogP contribution in [-0.4, -0.2) is 25.0 Å². The van der Waals surface area contributed by atoms with Crippen LogP contribution in [0, 0.1) is 6.92 Å². The molecule has 0 fully saturated rings. The van der Waals surface area contributed by atoms with E-state index in [9.17, 15) is 9.59 Å². The molecule has 6 heteroatoms. The Morgan fingerprint density at radius 3 is 2.56 bits per heavy atom. The first-order valence-electron chi connectivity index (χ1n) is 10.7. The molecule has 0 bridgehead atoms. The van der Waals surface area contributed by atoms with E-state index in [-0.39, 0.29) is 17.5 Å². The van der Waals surface area contributed by atoms with E-state index in [0.717, 1.165) is 29.0 Å². The van der Waals surface area contributed by atoms with Crippen LogP contribution in [0.3, 0.4) is 0 Å². The fraction of sp³-hybridized carbons (Fsp3) is 0.231. The zero-order chi connectivity index (χ0) is 22.8. The largest absolute Gasteiger partial charge is 0.494 e. The average molecular weight is 449 g/mol. The van der Waals surface area contributed by atoms with Crippen molar-refractivity contribution in [2.45, 2.75) is 26.7 Å². The number of ether oxygens (including phenoxy) is 1. The van der Waals surface area contributed by atoms with Gasteiger partial charge in [-0.25, -0.2) is 0 Å². The summed E-state index contributed by atoms with van der Waals surface area (Å²) < 4.78 is 5.46. The molecular formula is C26H28N2O3S. The lowest BCUT2D eigenvalue weighted by Gasteiger charge is -2.11. The molecule has 2 aromatic carbocycles. The number of benzene rings is 2. The van der Waals surface area contributed by atoms with Crippen LogP contribution < -0.4 is 15.4 Å². The van der Waals surface area contributed by atoms with Gasteiger partial charge in [-0.05, 0) is 74.0 Å². The van der Waals surface area contributed by atoms with E-state index in [1.807, 2.05) is 67.8 Å². The maximum Gasteiger partial charge on any atom is 0.267 e. The second-order valence-electron chi connectivity index (χ2n) is 7.33. The predicted octanol–water partition coefficient (Wildman–Crippen LogP) is 4.98. The van der Waals surface area contributed by atoms with Crippen LogP contribution in [0.15, 0.2) is 71.7 Å². The molecule has 0 spiro atoms. The number of rotatable bonds is 10. The second kappa shape index (κ2) is 11.9. The van der Waals surface area contributed by atoms with Crippen LogP contribution in [0.2, 0.25) is 0 Å². The molecule has 32 heavy (non-hydrogen) atoms. The Bertz CT molecular complexity index is 1060. The number of amides is 2. The summed E-state index contributed by atoms with van der Waals surface area (Å²) in [6.07, 6.45) is 3.34. The Kier molecular flexibility index (Phi) is 8.63. The standard InChI is InChI=1S/C26H28N2O3S/c1-3-31-22-13-11-20(12-14-22)8-5-15-27-26(30)24(18-23-10-6-16-32-23)28-25(29)21-9-4-7-19(2)17-21/h4,6-7,9-14,16-18H,3,5,8,15H2,1-2H3,(H,27,30)(H,28,29)/b24-18-. The molecule has 0 saturated heterocycles. The van der Waals surface area contributed by atoms with Crippen molar-refractivity contribution in [2.24, 2.45) is 0 Å². The minimum Gasteiger partial charge on any atom is -0.494 e. The third-order valence-electron chi connectivity index (χ3n) is 4.77. The molecular weight excluding hydrogens is 420 g/mol. The topological polar surface area (TPSA) is 67.4 Å². The fourth-order valence-electron chi connectivity index (χ4n) is 3.16. The van der Waals surface area contributed by atoms with Crippen molar-refractivity contribution >= 4 is 29.2 Å². The summed E-state index contributed by atoms with van der Waals surface area (Å²) in [5.74, 6) is 0.254. The summed E-state index contributed by atoms with van der Waals surface area (Å²) in [5, 5.41) is 7.63. The number of aryl methyl sites for hydroxylation is 2. The maximum atomic E-state index is 12.8. The lowest BCUT2D eigenvalue weighted by atomic mass is 10.1. The third-order valence-corrected chi connectivity index (χ3v) is 5.58. The number of nitrogens with one attached hydrogen (secondary N) is 2. The molecule has 1 heterocycles. The number of carbonyl (C=O) groups excluding carboxylic acids is 2. The van der Waals surface area contributed by atoms with Crippen LogP contribution in [0.1, 0.15) is 39.7 Å². The summed E-state index contributed by atoms with van der Waals surface area (Å²) in [6, 6.07) is 19.1. The Morgan fingerprint density at radius 1 is 1.06 bits per heavy atom. The van der Waals surface area contributed by atoms with Gasteiger partial charge in [0, 0.05) is 17.0 Å². The minimum absolute atomic E-state index is 0.236. The van der Waals surface area contributed by atoms with E-state index in [0.29, 0.717) is 18.7 Å². The molecule has 0 saturated carbocycles. The van der Waals surface area contributed by atoms with Crippen molar-refractivity contribution in [3.63, 3.8) is 0 Å². The molecule has 0 aliphatic heterocycles. The Balaban J connectivity index is 1.58. The highest BCUT2D eigenvalue weighted by Crippen LogP contribution is 2.15. The van der Waals surface area contributed by atoms with E-state index in [4.69, 9.17) is 4.74 Å². The fourth-order valence-corrected chi connectivity index (χ4v) is 3.82. The van der Waals surface area contributed by atoms with Gasteiger partial charge in [0.1, 0.15) is 11.4 Å². The van der Waals surface area contributed by atoms with Crippen molar-refractivity contribution < 1.29 is 14.3 Å². The maximum absolute atomic E-state index is 12.8. The predicted molar refractivity (Wildman–Crippen MR) is 130 cm³/mol. The Morgan fingerprint density at radius 2 is 1.88 bits per heavy atom. The van der Waals surface area contributed by atoms with Gasteiger partial charge in [-0.15, -0.1) is 11.3 Å². The summed E-state index contributed by atoms with van der Waals surface area (Å²) >= 11 is 1.51. The number of hydrogen-bond donors (Lipinski definition) is 2. The van der Waals surface area contributed by atoms with Crippen molar-refractivity contribution in [1.82, 2.24) is 10.6 Å². The zero-order valence-corrected chi connectivity index (χ0v) is 19.2. The smallest absolute Gasteiger partial charge is 0.267 e. The average Bonchev–Trinajstić information content (AvgIpc) is 3.30. The van der Waals surface area contributed by atoms with Gasteiger partial charge in [0.15, 0.2) is 0 Å². The van der Waals surface area contributed by atoms with Crippen LogP contribution in [0.5, 0.6) is 5.75 Å². The van der Waals surface area contributed by atoms with Crippen LogP contribution in [0.25, 0.3) is 6.08 Å². The molecule has 1 aromatic heterocycles. The quantitative estimate of drug-likeness (QED) is 0.340. The van der Waals surface area contributed by atoms with Gasteiger partial charge >= 0.3 is 0 Å². The molecule has 3 rings (SSSR count). The lowest BCUT2D eigenvalue weighted by molar-refractivity contribution is -0.117. The van der Waals surface area contributed by atoms with Gasteiger partial charge in [0.05, 0.1) is 6.61 Å². The third kappa shape index (κ3) is 7.10. The van der Waals surface area contributed by atoms with Crippen molar-refractivity contribution in [3.05, 3.63) is 93.3 Å². The minimum atomic E-state index is -0.305. The molecule has 2 N–H and O–H groups in total. The zero-order valence-electron chi connectivity index (χ0n) is 18.4. The summed E-state index contributed by atoms with van der Waals surface area (Å²) in [4.78, 5) is 26.4. The molecule has 166 valence electrons. The normalized spacial score (nSPS) is 11.1. The van der Waals surface area contributed by atoms with Crippen molar-refractivity contribution in [1.29, 1.82) is 0 Å². The molecule has 0 unspecified atom stereocenters. The number of thiophene rings is 1. The number of hydrogen-bond acceptors (Lipinski definition) is 4. The van der Waals surface area contributed by atoms with E-state index < -0.39 is 0 Å². The lowest BCUT2D eigenvalue weighted by Crippen LogP contribution is -2.35. The molecule has 0 aliphatic carbocycles. The highest BCUT2D eigenvalue weighted by Gasteiger charge is 2.15. The first kappa shape index (κ1) is 23.3. The van der Waals surface area contributed by atoms with Gasteiger partial charge in [0.2, 0.25) is 0 Å². The Labute approximate surface area is 193 Å². The highest BCUT2D eigenvalue weighted by atomic mass is 32.1. The van der Waals surface area contributed by atoms with Crippen molar-refractivity contribution in [3.8, 4) is 5.75 Å². The van der Waals surface area contributed by atoms with E-state index >= 15 is 0 Å². The summed E-state index contributed by atoms with van der Waals surface area (Å²) in [5.41, 5.74) is 2.93. The first-order valence-corrected chi connectivity index (χ1v) is 11.6. The van der Waals surface area contributed by atoms with Gasteiger partial charge in [0.25, 0.3) is 11.8 Å². The Hall–Kier alpha value is -3.38. The highest BCUT2D eigenvalue weighted by molar-refractivity contribution is 7.10. The van der Waals surface area contributed by atoms with Crippen LogP contribution in [-0.2, 0) is 11.2 Å². The molecule has 5 nitrogen and oxygen atoms in total. The van der Waals surface area contributed by atoms with E-state index in [1.54, 1.807) is 18.2 Å². The molecule has 0 radical (unpaired) electrons. The molecule has 2 amide bonds. The second-order valence-corrected chi connectivity index (χ2v) is 8.31. The van der Waals surface area contributed by atoms with E-state index in [2.05, 4.69) is 10.6 Å². The first-order chi connectivity index (χ1) is 15.5. The van der Waals surface area contributed by atoms with Gasteiger partial charge in [-0.1, -0.05) is 35.9 Å². The van der Waals surface area contributed by atoms with Gasteiger partial charge in [-0.2, -0.15) is 0 Å². The van der Waals surface area contributed by atoms with Crippen LogP contribution >= 0.6 is 11.3 Å². The molecule has 3 aromatic rings. The molecule has 0 atom stereocenters. The van der Waals surface area contributed by atoms with Gasteiger partial charge in [-0.3, -0.25) is 9.59 Å². The monoisotopic (exact) mass is 448 g/mol. The number of carbonyl (C=O) groups is 2. The van der Waals surface area contributed by atoms with E-state index in [1.165, 1.54) is 16.9 Å². The van der Waals surface area contributed by atoms with Gasteiger partial charge < -0.3 is 15.4 Å². The summed E-state index contributed by atoms with van der Waals surface area (Å²) in [6.45, 7) is 5.04. The molecule has 0 aliphatic rings. The van der Waals surface area contributed by atoms with Crippen LogP contribution in [0.4, 0.5) is 0 Å². The SMILES string of the molecule is CCOc1ccc(CCCNC(=O)/C(=C/c2cccs2)NC(=O)c2cccc(C)c2)cc1.